The number of nitrogens with one attached hydrogen (secondary N) is 2. The van der Waals surface area contributed by atoms with Gasteiger partial charge in [0.05, 0.1) is 0 Å². The molecule has 3 rings (SSSR count). The zero-order valence-corrected chi connectivity index (χ0v) is 16.5. The summed E-state index contributed by atoms with van der Waals surface area (Å²) in [5, 5.41) is 6.34. The van der Waals surface area contributed by atoms with Crippen LogP contribution in [0.4, 0.5) is 4.79 Å². The molecule has 0 spiro atoms. The van der Waals surface area contributed by atoms with E-state index in [2.05, 4.69) is 17.6 Å². The van der Waals surface area contributed by atoms with E-state index in [9.17, 15) is 14.4 Å². The molecular formula is C20H26ClN3O3. The van der Waals surface area contributed by atoms with Crippen molar-refractivity contribution in [3.05, 3.63) is 34.9 Å². The Hall–Kier alpha value is -2.08. The second-order valence-electron chi connectivity index (χ2n) is 7.52. The maximum atomic E-state index is 13.1. The van der Waals surface area contributed by atoms with Crippen LogP contribution in [0, 0.1) is 5.92 Å². The fraction of sp³-hybridized carbons (Fsp3) is 0.550. The van der Waals surface area contributed by atoms with Crippen LogP contribution in [0.2, 0.25) is 5.02 Å². The Morgan fingerprint density at radius 3 is 2.56 bits per heavy atom. The number of nitrogens with zero attached hydrogens (tertiary/aromatic N) is 1. The van der Waals surface area contributed by atoms with Crippen molar-refractivity contribution in [3.8, 4) is 0 Å². The lowest BCUT2D eigenvalue weighted by Crippen LogP contribution is -2.48. The van der Waals surface area contributed by atoms with Crippen LogP contribution < -0.4 is 10.6 Å². The Morgan fingerprint density at radius 1 is 1.26 bits per heavy atom. The summed E-state index contributed by atoms with van der Waals surface area (Å²) in [5.41, 5.74) is -0.489. The van der Waals surface area contributed by atoms with Gasteiger partial charge in [-0.05, 0) is 42.9 Å². The monoisotopic (exact) mass is 391 g/mol. The number of hydrogen-bond donors (Lipinski definition) is 2. The highest BCUT2D eigenvalue weighted by Crippen LogP contribution is 2.33. The van der Waals surface area contributed by atoms with Gasteiger partial charge in [-0.1, -0.05) is 50.4 Å². The van der Waals surface area contributed by atoms with Gasteiger partial charge in [-0.3, -0.25) is 14.5 Å². The number of hydrogen-bond acceptors (Lipinski definition) is 3. The van der Waals surface area contributed by atoms with Gasteiger partial charge in [0, 0.05) is 11.1 Å². The third kappa shape index (κ3) is 3.81. The van der Waals surface area contributed by atoms with E-state index in [1.807, 2.05) is 6.92 Å². The minimum atomic E-state index is -1.15. The number of rotatable bonds is 5. The lowest BCUT2D eigenvalue weighted by Gasteiger charge is -2.30. The summed E-state index contributed by atoms with van der Waals surface area (Å²) < 4.78 is 0. The number of urea groups is 1. The molecule has 1 aromatic carbocycles. The lowest BCUT2D eigenvalue weighted by atomic mass is 9.86. The van der Waals surface area contributed by atoms with Crippen LogP contribution in [0.3, 0.4) is 0 Å². The molecule has 1 saturated carbocycles. The summed E-state index contributed by atoms with van der Waals surface area (Å²) in [6, 6.07) is 6.42. The predicted molar refractivity (Wildman–Crippen MR) is 103 cm³/mol. The summed E-state index contributed by atoms with van der Waals surface area (Å²) >= 11 is 5.94. The molecule has 1 saturated heterocycles. The topological polar surface area (TPSA) is 78.5 Å². The molecule has 146 valence electrons. The summed E-state index contributed by atoms with van der Waals surface area (Å²) in [7, 11) is 0. The molecule has 1 aromatic rings. The Labute approximate surface area is 164 Å². The fourth-order valence-corrected chi connectivity index (χ4v) is 4.20. The number of carbonyl (C=O) groups excluding carboxylic acids is 3. The number of imide groups is 1. The average Bonchev–Trinajstić information content (AvgIpc) is 2.89. The van der Waals surface area contributed by atoms with Gasteiger partial charge in [0.25, 0.3) is 5.91 Å². The largest absolute Gasteiger partial charge is 0.352 e. The highest BCUT2D eigenvalue weighted by molar-refractivity contribution is 6.30. The van der Waals surface area contributed by atoms with Gasteiger partial charge in [0.2, 0.25) is 5.91 Å². The van der Waals surface area contributed by atoms with Gasteiger partial charge < -0.3 is 10.6 Å². The van der Waals surface area contributed by atoms with E-state index in [1.165, 1.54) is 6.42 Å². The van der Waals surface area contributed by atoms with Gasteiger partial charge >= 0.3 is 6.03 Å². The number of amides is 4. The van der Waals surface area contributed by atoms with E-state index < -0.39 is 17.5 Å². The van der Waals surface area contributed by atoms with Crippen LogP contribution in [0.1, 0.15) is 51.5 Å². The fourth-order valence-electron chi connectivity index (χ4n) is 4.07. The van der Waals surface area contributed by atoms with E-state index in [1.54, 1.807) is 24.3 Å². The summed E-state index contributed by atoms with van der Waals surface area (Å²) in [6.45, 7) is 3.70. The van der Waals surface area contributed by atoms with E-state index >= 15 is 0 Å². The molecule has 1 aliphatic heterocycles. The molecule has 2 aliphatic rings. The first-order valence-electron chi connectivity index (χ1n) is 9.57. The van der Waals surface area contributed by atoms with Gasteiger partial charge in [0.15, 0.2) is 0 Å². The Morgan fingerprint density at radius 2 is 1.93 bits per heavy atom. The first-order chi connectivity index (χ1) is 12.9. The summed E-state index contributed by atoms with van der Waals surface area (Å²) in [5.74, 6) is -0.279. The third-order valence-corrected chi connectivity index (χ3v) is 6.05. The van der Waals surface area contributed by atoms with Crippen LogP contribution in [0.25, 0.3) is 0 Å². The van der Waals surface area contributed by atoms with Crippen molar-refractivity contribution in [1.29, 1.82) is 0 Å². The van der Waals surface area contributed by atoms with Crippen molar-refractivity contribution < 1.29 is 14.4 Å². The molecule has 27 heavy (non-hydrogen) atoms. The Balaban J connectivity index is 1.73. The Kier molecular flexibility index (Phi) is 5.75. The highest BCUT2D eigenvalue weighted by Gasteiger charge is 2.51. The van der Waals surface area contributed by atoms with E-state index in [4.69, 9.17) is 11.6 Å². The number of halogens is 1. The first-order valence-corrected chi connectivity index (χ1v) is 9.94. The molecule has 0 bridgehead atoms. The SMILES string of the molecule is CC[C@]1(c2ccc(Cl)cc2)NC(=O)N(CC(=O)N[C@H]2CCCC[C@H]2C)C1=O. The average molecular weight is 392 g/mol. The summed E-state index contributed by atoms with van der Waals surface area (Å²) in [6.07, 6.45) is 4.69. The minimum Gasteiger partial charge on any atom is -0.352 e. The van der Waals surface area contributed by atoms with Gasteiger partial charge in [-0.2, -0.15) is 0 Å². The van der Waals surface area contributed by atoms with E-state index in [0.717, 1.165) is 24.2 Å². The van der Waals surface area contributed by atoms with Gasteiger partial charge in [-0.25, -0.2) is 4.79 Å². The van der Waals surface area contributed by atoms with Crippen LogP contribution in [-0.2, 0) is 15.1 Å². The number of benzene rings is 1. The normalized spacial score (nSPS) is 28.2. The second kappa shape index (κ2) is 7.89. The maximum absolute atomic E-state index is 13.1. The van der Waals surface area contributed by atoms with Crippen molar-refractivity contribution in [2.75, 3.05) is 6.54 Å². The smallest absolute Gasteiger partial charge is 0.325 e. The molecule has 2 N–H and O–H groups in total. The highest BCUT2D eigenvalue weighted by atomic mass is 35.5. The second-order valence-corrected chi connectivity index (χ2v) is 7.96. The maximum Gasteiger partial charge on any atom is 0.325 e. The van der Waals surface area contributed by atoms with E-state index in [-0.39, 0.29) is 18.5 Å². The quantitative estimate of drug-likeness (QED) is 0.756. The molecule has 7 heteroatoms. The zero-order chi connectivity index (χ0) is 19.6. The molecule has 3 atom stereocenters. The lowest BCUT2D eigenvalue weighted by molar-refractivity contribution is -0.135. The van der Waals surface area contributed by atoms with Crippen LogP contribution in [0.15, 0.2) is 24.3 Å². The third-order valence-electron chi connectivity index (χ3n) is 5.80. The standard InChI is InChI=1S/C20H26ClN3O3/c1-3-20(14-8-10-15(21)11-9-14)18(26)24(19(27)23-20)12-17(25)22-16-7-5-4-6-13(16)2/h8-11,13,16H,3-7,12H2,1-2H3,(H,22,25)(H,23,27)/t13-,16+,20-/m1/s1. The molecule has 2 fully saturated rings. The molecule has 1 heterocycles. The van der Waals surface area contributed by atoms with Crippen molar-refractivity contribution >= 4 is 29.4 Å². The minimum absolute atomic E-state index is 0.110. The van der Waals surface area contributed by atoms with Gasteiger partial charge in [-0.15, -0.1) is 0 Å². The van der Waals surface area contributed by atoms with Crippen molar-refractivity contribution in [2.45, 2.75) is 57.5 Å². The zero-order valence-electron chi connectivity index (χ0n) is 15.8. The molecule has 4 amide bonds. The van der Waals surface area contributed by atoms with Gasteiger partial charge in [0.1, 0.15) is 12.1 Å². The summed E-state index contributed by atoms with van der Waals surface area (Å²) in [4.78, 5) is 39.1. The van der Waals surface area contributed by atoms with Crippen molar-refractivity contribution in [2.24, 2.45) is 5.92 Å². The molecule has 1 aliphatic carbocycles. The molecule has 6 nitrogen and oxygen atoms in total. The molecule has 0 unspecified atom stereocenters. The molecule has 0 aromatic heterocycles. The van der Waals surface area contributed by atoms with Crippen molar-refractivity contribution in [1.82, 2.24) is 15.5 Å². The number of carbonyl (C=O) groups is 3. The predicted octanol–water partition coefficient (Wildman–Crippen LogP) is 3.19. The van der Waals surface area contributed by atoms with E-state index in [0.29, 0.717) is 22.9 Å². The van der Waals surface area contributed by atoms with Crippen molar-refractivity contribution in [3.63, 3.8) is 0 Å². The van der Waals surface area contributed by atoms with Crippen LogP contribution in [0.5, 0.6) is 0 Å². The molecular weight excluding hydrogens is 366 g/mol. The first kappa shape index (κ1) is 19.7. The van der Waals surface area contributed by atoms with Crippen LogP contribution in [-0.4, -0.2) is 35.3 Å². The Bertz CT molecular complexity index is 736. The molecule has 0 radical (unpaired) electrons. The van der Waals surface area contributed by atoms with Crippen LogP contribution >= 0.6 is 11.6 Å².